The molecule has 4 rings (SSSR count). The van der Waals surface area contributed by atoms with Crippen LogP contribution in [0.2, 0.25) is 0 Å². The van der Waals surface area contributed by atoms with E-state index in [0.717, 1.165) is 11.1 Å². The maximum absolute atomic E-state index is 13.0. The zero-order chi connectivity index (χ0) is 22.0. The number of nitrogens with one attached hydrogen (secondary N) is 1. The largest absolute Gasteiger partial charge is 0.416 e. The fourth-order valence-electron chi connectivity index (χ4n) is 3.91. The van der Waals surface area contributed by atoms with E-state index in [4.69, 9.17) is 4.42 Å². The quantitative estimate of drug-likeness (QED) is 0.589. The molecule has 0 spiro atoms. The van der Waals surface area contributed by atoms with Crippen molar-refractivity contribution in [2.75, 3.05) is 0 Å². The number of carbonyl (C=O) groups excluding carboxylic acids is 1. The highest BCUT2D eigenvalue weighted by Crippen LogP contribution is 2.37. The molecule has 5 nitrogen and oxygen atoms in total. The van der Waals surface area contributed by atoms with E-state index in [1.165, 1.54) is 0 Å². The minimum atomic E-state index is -4.22. The van der Waals surface area contributed by atoms with Gasteiger partial charge in [0.25, 0.3) is 5.91 Å². The Morgan fingerprint density at radius 3 is 2.45 bits per heavy atom. The molecule has 2 atom stereocenters. The lowest BCUT2D eigenvalue weighted by Gasteiger charge is -2.31. The summed E-state index contributed by atoms with van der Waals surface area (Å²) in [7, 11) is 0. The van der Waals surface area contributed by atoms with Crippen LogP contribution in [0.5, 0.6) is 0 Å². The number of nitrogens with zero attached hydrogens (tertiary/aromatic N) is 2. The molecule has 0 unspecified atom stereocenters. The van der Waals surface area contributed by atoms with Crippen molar-refractivity contribution in [2.24, 2.45) is 5.92 Å². The van der Waals surface area contributed by atoms with Gasteiger partial charge in [-0.1, -0.05) is 24.6 Å². The molecule has 1 aliphatic carbocycles. The van der Waals surface area contributed by atoms with E-state index in [0.29, 0.717) is 35.7 Å². The molecule has 0 aliphatic heterocycles. The maximum atomic E-state index is 13.0. The van der Waals surface area contributed by atoms with Crippen LogP contribution in [0.25, 0.3) is 22.9 Å². The van der Waals surface area contributed by atoms with Crippen molar-refractivity contribution in [3.05, 3.63) is 59.7 Å². The molecular weight excluding hydrogens is 407 g/mol. The van der Waals surface area contributed by atoms with Crippen LogP contribution in [0.1, 0.15) is 41.6 Å². The van der Waals surface area contributed by atoms with Crippen LogP contribution in [0.4, 0.5) is 13.2 Å². The van der Waals surface area contributed by atoms with Gasteiger partial charge in [0, 0.05) is 22.7 Å². The van der Waals surface area contributed by atoms with Crippen molar-refractivity contribution in [1.29, 1.82) is 0 Å². The van der Waals surface area contributed by atoms with Crippen LogP contribution in [0.15, 0.2) is 52.9 Å². The molecule has 1 heterocycles. The maximum Gasteiger partial charge on any atom is 0.391 e. The second kappa shape index (κ2) is 8.53. The number of halogens is 3. The van der Waals surface area contributed by atoms with E-state index in [1.54, 1.807) is 24.3 Å². The fourth-order valence-corrected chi connectivity index (χ4v) is 3.91. The first-order chi connectivity index (χ1) is 14.8. The summed E-state index contributed by atoms with van der Waals surface area (Å²) in [6.07, 6.45) is -3.16. The summed E-state index contributed by atoms with van der Waals surface area (Å²) in [6.45, 7) is 1.95. The zero-order valence-electron chi connectivity index (χ0n) is 16.9. The molecule has 0 radical (unpaired) electrons. The van der Waals surface area contributed by atoms with E-state index < -0.39 is 18.1 Å². The molecule has 0 bridgehead atoms. The van der Waals surface area contributed by atoms with Gasteiger partial charge in [0.15, 0.2) is 0 Å². The second-order valence-electron chi connectivity index (χ2n) is 7.88. The third-order valence-corrected chi connectivity index (χ3v) is 5.67. The van der Waals surface area contributed by atoms with Crippen molar-refractivity contribution < 1.29 is 22.4 Å². The van der Waals surface area contributed by atoms with Gasteiger partial charge in [-0.3, -0.25) is 4.79 Å². The highest BCUT2D eigenvalue weighted by Gasteiger charge is 2.42. The topological polar surface area (TPSA) is 68.0 Å². The molecule has 1 aromatic heterocycles. The summed E-state index contributed by atoms with van der Waals surface area (Å²) in [5.41, 5.74) is 2.89. The first-order valence-electron chi connectivity index (χ1n) is 10.2. The predicted molar refractivity (Wildman–Crippen MR) is 109 cm³/mol. The van der Waals surface area contributed by atoms with Gasteiger partial charge < -0.3 is 9.73 Å². The number of hydrogen-bond donors (Lipinski definition) is 1. The third-order valence-electron chi connectivity index (χ3n) is 5.67. The smallest absolute Gasteiger partial charge is 0.391 e. The molecule has 162 valence electrons. The molecule has 31 heavy (non-hydrogen) atoms. The van der Waals surface area contributed by atoms with Crippen molar-refractivity contribution in [3.8, 4) is 22.9 Å². The van der Waals surface area contributed by atoms with Crippen molar-refractivity contribution in [3.63, 3.8) is 0 Å². The number of rotatable bonds is 4. The van der Waals surface area contributed by atoms with Gasteiger partial charge >= 0.3 is 6.18 Å². The van der Waals surface area contributed by atoms with E-state index in [-0.39, 0.29) is 18.7 Å². The van der Waals surface area contributed by atoms with Gasteiger partial charge in [0.2, 0.25) is 11.8 Å². The predicted octanol–water partition coefficient (Wildman–Crippen LogP) is 5.56. The lowest BCUT2D eigenvalue weighted by Crippen LogP contribution is -2.41. The number of alkyl halides is 3. The average Bonchev–Trinajstić information content (AvgIpc) is 3.24. The molecule has 1 fully saturated rings. The Kier molecular flexibility index (Phi) is 5.80. The summed E-state index contributed by atoms with van der Waals surface area (Å²) in [6, 6.07) is 13.8. The van der Waals surface area contributed by atoms with Crippen LogP contribution in [0, 0.1) is 12.8 Å². The number of hydrogen-bond acceptors (Lipinski definition) is 4. The number of amides is 1. The average molecular weight is 429 g/mol. The lowest BCUT2D eigenvalue weighted by atomic mass is 9.85. The first-order valence-corrected chi connectivity index (χ1v) is 10.2. The van der Waals surface area contributed by atoms with Gasteiger partial charge in [-0.15, -0.1) is 10.2 Å². The Balaban J connectivity index is 1.43. The molecule has 2 aromatic carbocycles. The Bertz CT molecular complexity index is 1060. The van der Waals surface area contributed by atoms with Crippen molar-refractivity contribution in [2.45, 2.75) is 44.8 Å². The Hall–Kier alpha value is -3.16. The molecule has 1 amide bonds. The van der Waals surface area contributed by atoms with E-state index in [2.05, 4.69) is 15.5 Å². The van der Waals surface area contributed by atoms with Crippen LogP contribution < -0.4 is 5.32 Å². The molecule has 1 N–H and O–H groups in total. The van der Waals surface area contributed by atoms with E-state index in [9.17, 15) is 18.0 Å². The van der Waals surface area contributed by atoms with Crippen molar-refractivity contribution in [1.82, 2.24) is 15.5 Å². The van der Waals surface area contributed by atoms with E-state index in [1.807, 2.05) is 31.2 Å². The summed E-state index contributed by atoms with van der Waals surface area (Å²) in [5, 5.41) is 10.9. The number of carbonyl (C=O) groups is 1. The van der Waals surface area contributed by atoms with Crippen LogP contribution in [-0.2, 0) is 0 Å². The lowest BCUT2D eigenvalue weighted by molar-refractivity contribution is -0.183. The summed E-state index contributed by atoms with van der Waals surface area (Å²) in [4.78, 5) is 12.5. The highest BCUT2D eigenvalue weighted by molar-refractivity contribution is 5.94. The van der Waals surface area contributed by atoms with Gasteiger partial charge in [0.05, 0.1) is 5.92 Å². The molecule has 8 heteroatoms. The zero-order valence-corrected chi connectivity index (χ0v) is 16.9. The number of benzene rings is 2. The Morgan fingerprint density at radius 1 is 1.03 bits per heavy atom. The van der Waals surface area contributed by atoms with Crippen LogP contribution in [-0.4, -0.2) is 28.3 Å². The first kappa shape index (κ1) is 21.1. The summed E-state index contributed by atoms with van der Waals surface area (Å²) in [5.74, 6) is -1.00. The second-order valence-corrected chi connectivity index (χ2v) is 7.88. The third kappa shape index (κ3) is 4.78. The fraction of sp³-hybridized carbons (Fsp3) is 0.348. The molecule has 1 saturated carbocycles. The van der Waals surface area contributed by atoms with Gasteiger partial charge in [-0.05, 0) is 62.1 Å². The standard InChI is InChI=1S/C23H22F3N3O2/c1-14-5-2-3-8-19(14)22-29-28-21(31-22)16-11-9-15(10-12-16)20(30)27-18-7-4-6-17(13-18)23(24,25)26/h2-3,5,8-12,17-18H,4,6-7,13H2,1H3,(H,27,30)/t17-,18+/m1/s1. The minimum absolute atomic E-state index is 0.0724. The van der Waals surface area contributed by atoms with E-state index >= 15 is 0 Å². The normalized spacial score (nSPS) is 19.2. The SMILES string of the molecule is Cc1ccccc1-c1nnc(-c2ccc(C(=O)N[C@H]3CCC[C@@H](C(F)(F)F)C3)cc2)o1. The van der Waals surface area contributed by atoms with Crippen molar-refractivity contribution >= 4 is 5.91 Å². The monoisotopic (exact) mass is 429 g/mol. The molecule has 3 aromatic rings. The number of aromatic nitrogens is 2. The number of aryl methyl sites for hydroxylation is 1. The Morgan fingerprint density at radius 2 is 1.74 bits per heavy atom. The van der Waals surface area contributed by atoms with Crippen LogP contribution in [0.3, 0.4) is 0 Å². The minimum Gasteiger partial charge on any atom is -0.416 e. The molecular formula is C23H22F3N3O2. The van der Waals surface area contributed by atoms with Gasteiger partial charge in [-0.25, -0.2) is 0 Å². The van der Waals surface area contributed by atoms with Gasteiger partial charge in [0.1, 0.15) is 0 Å². The summed E-state index contributed by atoms with van der Waals surface area (Å²) >= 11 is 0. The van der Waals surface area contributed by atoms with Gasteiger partial charge in [-0.2, -0.15) is 13.2 Å². The molecule has 0 saturated heterocycles. The highest BCUT2D eigenvalue weighted by atomic mass is 19.4. The van der Waals surface area contributed by atoms with Crippen LogP contribution >= 0.6 is 0 Å². The Labute approximate surface area is 177 Å². The molecule has 1 aliphatic rings. The summed E-state index contributed by atoms with van der Waals surface area (Å²) < 4.78 is 44.7.